The second-order valence-corrected chi connectivity index (χ2v) is 4.39. The minimum Gasteiger partial charge on any atom is -0.310 e. The van der Waals surface area contributed by atoms with Crippen LogP contribution in [0, 0.1) is 11.7 Å². The Hall–Kier alpha value is -0.600. The number of halogens is 2. The first kappa shape index (κ1) is 10.9. The van der Waals surface area contributed by atoms with Gasteiger partial charge in [0.05, 0.1) is 5.02 Å². The summed E-state index contributed by atoms with van der Waals surface area (Å²) in [6.45, 7) is 2.94. The van der Waals surface area contributed by atoms with Crippen LogP contribution in [0.3, 0.4) is 0 Å². The molecule has 1 aliphatic carbocycles. The standard InChI is InChI=1S/C12H15ClFN/c1-2-15-12(8-6-7-8)9-4-3-5-10(14)11(9)13/h3-5,8,12,15H,2,6-7H2,1H3. The molecule has 1 nitrogen and oxygen atoms in total. The summed E-state index contributed by atoms with van der Waals surface area (Å²) in [6.07, 6.45) is 2.43. The maximum absolute atomic E-state index is 13.3. The van der Waals surface area contributed by atoms with Crippen molar-refractivity contribution < 1.29 is 4.39 Å². The highest BCUT2D eigenvalue weighted by Gasteiger charge is 2.33. The molecule has 0 heterocycles. The average Bonchev–Trinajstić information content (AvgIpc) is 3.03. The van der Waals surface area contributed by atoms with Crippen LogP contribution in [0.4, 0.5) is 4.39 Å². The zero-order valence-corrected chi connectivity index (χ0v) is 9.52. The first-order valence-corrected chi connectivity index (χ1v) is 5.79. The van der Waals surface area contributed by atoms with Crippen LogP contribution in [0.1, 0.15) is 31.4 Å². The van der Waals surface area contributed by atoms with Gasteiger partial charge < -0.3 is 5.32 Å². The quantitative estimate of drug-likeness (QED) is 0.830. The highest BCUT2D eigenvalue weighted by atomic mass is 35.5. The van der Waals surface area contributed by atoms with Crippen molar-refractivity contribution in [3.05, 3.63) is 34.6 Å². The van der Waals surface area contributed by atoms with Gasteiger partial charge in [0, 0.05) is 6.04 Å². The Morgan fingerprint density at radius 2 is 2.27 bits per heavy atom. The number of rotatable bonds is 4. The van der Waals surface area contributed by atoms with Gasteiger partial charge in [0.2, 0.25) is 0 Å². The van der Waals surface area contributed by atoms with Crippen LogP contribution in [0.2, 0.25) is 5.02 Å². The van der Waals surface area contributed by atoms with E-state index in [0.717, 1.165) is 12.1 Å². The number of nitrogens with one attached hydrogen (secondary N) is 1. The molecule has 2 rings (SSSR count). The number of hydrogen-bond acceptors (Lipinski definition) is 1. The SMILES string of the molecule is CCNC(c1cccc(F)c1Cl)C1CC1. The lowest BCUT2D eigenvalue weighted by Crippen LogP contribution is -2.23. The van der Waals surface area contributed by atoms with E-state index in [2.05, 4.69) is 12.2 Å². The van der Waals surface area contributed by atoms with Gasteiger partial charge in [0.1, 0.15) is 5.82 Å². The third kappa shape index (κ3) is 2.32. The summed E-state index contributed by atoms with van der Waals surface area (Å²) in [6, 6.07) is 5.26. The molecule has 1 aromatic rings. The van der Waals surface area contributed by atoms with Crippen molar-refractivity contribution in [2.45, 2.75) is 25.8 Å². The van der Waals surface area contributed by atoms with Gasteiger partial charge in [-0.2, -0.15) is 0 Å². The fourth-order valence-corrected chi connectivity index (χ4v) is 2.18. The van der Waals surface area contributed by atoms with Crippen molar-refractivity contribution in [3.8, 4) is 0 Å². The normalized spacial score (nSPS) is 17.8. The van der Waals surface area contributed by atoms with Crippen molar-refractivity contribution in [1.82, 2.24) is 5.32 Å². The summed E-state index contributed by atoms with van der Waals surface area (Å²) in [4.78, 5) is 0. The lowest BCUT2D eigenvalue weighted by atomic mass is 10.0. The van der Waals surface area contributed by atoms with E-state index in [-0.39, 0.29) is 16.9 Å². The third-order valence-corrected chi connectivity index (χ3v) is 3.23. The van der Waals surface area contributed by atoms with Gasteiger partial charge in [-0.05, 0) is 36.9 Å². The highest BCUT2D eigenvalue weighted by Crippen LogP contribution is 2.43. The summed E-state index contributed by atoms with van der Waals surface area (Å²) in [7, 11) is 0. The fraction of sp³-hybridized carbons (Fsp3) is 0.500. The van der Waals surface area contributed by atoms with Crippen LogP contribution in [-0.2, 0) is 0 Å². The maximum Gasteiger partial charge on any atom is 0.142 e. The smallest absolute Gasteiger partial charge is 0.142 e. The van der Waals surface area contributed by atoms with Crippen molar-refractivity contribution in [2.75, 3.05) is 6.54 Å². The fourth-order valence-electron chi connectivity index (χ4n) is 1.94. The van der Waals surface area contributed by atoms with Gasteiger partial charge in [-0.25, -0.2) is 4.39 Å². The Bertz CT molecular complexity index is 349. The van der Waals surface area contributed by atoms with Crippen LogP contribution >= 0.6 is 11.6 Å². The molecule has 0 aliphatic heterocycles. The van der Waals surface area contributed by atoms with Crippen LogP contribution < -0.4 is 5.32 Å². The lowest BCUT2D eigenvalue weighted by molar-refractivity contribution is 0.492. The molecule has 0 radical (unpaired) electrons. The van der Waals surface area contributed by atoms with Crippen molar-refractivity contribution in [1.29, 1.82) is 0 Å². The molecule has 1 fully saturated rings. The maximum atomic E-state index is 13.3. The number of hydrogen-bond donors (Lipinski definition) is 1. The van der Waals surface area contributed by atoms with E-state index in [1.165, 1.54) is 18.9 Å². The zero-order chi connectivity index (χ0) is 10.8. The first-order chi connectivity index (χ1) is 7.24. The monoisotopic (exact) mass is 227 g/mol. The highest BCUT2D eigenvalue weighted by molar-refractivity contribution is 6.31. The molecule has 82 valence electrons. The lowest BCUT2D eigenvalue weighted by Gasteiger charge is -2.19. The molecule has 1 atom stereocenters. The predicted molar refractivity (Wildman–Crippen MR) is 60.6 cm³/mol. The number of benzene rings is 1. The molecule has 0 amide bonds. The molecule has 0 aromatic heterocycles. The molecule has 1 aliphatic rings. The molecule has 1 N–H and O–H groups in total. The second kappa shape index (κ2) is 4.50. The zero-order valence-electron chi connectivity index (χ0n) is 8.76. The minimum absolute atomic E-state index is 0.221. The summed E-state index contributed by atoms with van der Waals surface area (Å²) < 4.78 is 13.3. The summed E-state index contributed by atoms with van der Waals surface area (Å²) in [5.74, 6) is 0.307. The molecule has 1 aromatic carbocycles. The van der Waals surface area contributed by atoms with Gasteiger partial charge in [0.15, 0.2) is 0 Å². The minimum atomic E-state index is -0.322. The summed E-state index contributed by atoms with van der Waals surface area (Å²) in [5, 5.41) is 3.65. The molecular weight excluding hydrogens is 213 g/mol. The molecule has 0 spiro atoms. The summed E-state index contributed by atoms with van der Waals surface area (Å²) in [5.41, 5.74) is 0.904. The predicted octanol–water partition coefficient (Wildman–Crippen LogP) is 3.54. The molecule has 15 heavy (non-hydrogen) atoms. The second-order valence-electron chi connectivity index (χ2n) is 4.02. The van der Waals surface area contributed by atoms with Gasteiger partial charge in [-0.15, -0.1) is 0 Å². The van der Waals surface area contributed by atoms with Crippen molar-refractivity contribution >= 4 is 11.6 Å². The molecule has 3 heteroatoms. The largest absolute Gasteiger partial charge is 0.310 e. The molecular formula is C12H15ClFN. The Labute approximate surface area is 94.6 Å². The van der Waals surface area contributed by atoms with E-state index in [0.29, 0.717) is 5.92 Å². The van der Waals surface area contributed by atoms with E-state index in [1.807, 2.05) is 6.07 Å². The van der Waals surface area contributed by atoms with Crippen LogP contribution in [-0.4, -0.2) is 6.54 Å². The molecule has 1 saturated carbocycles. The molecule has 0 saturated heterocycles. The Morgan fingerprint density at radius 3 is 2.87 bits per heavy atom. The molecule has 1 unspecified atom stereocenters. The summed E-state index contributed by atoms with van der Waals surface area (Å²) >= 11 is 5.98. The van der Waals surface area contributed by atoms with E-state index >= 15 is 0 Å². The Balaban J connectivity index is 2.28. The average molecular weight is 228 g/mol. The van der Waals surface area contributed by atoms with E-state index in [1.54, 1.807) is 6.07 Å². The van der Waals surface area contributed by atoms with Gasteiger partial charge >= 0.3 is 0 Å². The Morgan fingerprint density at radius 1 is 1.53 bits per heavy atom. The van der Waals surface area contributed by atoms with E-state index < -0.39 is 0 Å². The first-order valence-electron chi connectivity index (χ1n) is 5.41. The molecule has 0 bridgehead atoms. The van der Waals surface area contributed by atoms with Crippen molar-refractivity contribution in [3.63, 3.8) is 0 Å². The third-order valence-electron chi connectivity index (χ3n) is 2.83. The van der Waals surface area contributed by atoms with Crippen molar-refractivity contribution in [2.24, 2.45) is 5.92 Å². The van der Waals surface area contributed by atoms with Crippen LogP contribution in [0.15, 0.2) is 18.2 Å². The van der Waals surface area contributed by atoms with Gasteiger partial charge in [-0.1, -0.05) is 30.7 Å². The van der Waals surface area contributed by atoms with Crippen LogP contribution in [0.25, 0.3) is 0 Å². The van der Waals surface area contributed by atoms with E-state index in [4.69, 9.17) is 11.6 Å². The topological polar surface area (TPSA) is 12.0 Å². The van der Waals surface area contributed by atoms with Gasteiger partial charge in [0.25, 0.3) is 0 Å². The Kier molecular flexibility index (Phi) is 3.27. The van der Waals surface area contributed by atoms with Crippen LogP contribution in [0.5, 0.6) is 0 Å². The van der Waals surface area contributed by atoms with E-state index in [9.17, 15) is 4.39 Å². The van der Waals surface area contributed by atoms with Gasteiger partial charge in [-0.3, -0.25) is 0 Å².